The van der Waals surface area contributed by atoms with Gasteiger partial charge < -0.3 is 4.74 Å². The first-order chi connectivity index (χ1) is 8.02. The monoisotopic (exact) mass is 237 g/mol. The molecule has 0 aliphatic rings. The highest BCUT2D eigenvalue weighted by molar-refractivity contribution is 5.13. The third kappa shape index (κ3) is 4.15. The van der Waals surface area contributed by atoms with Crippen LogP contribution in [0.2, 0.25) is 0 Å². The second kappa shape index (κ2) is 6.35. The Kier molecular flexibility index (Phi) is 5.10. The number of rotatable bonds is 6. The van der Waals surface area contributed by atoms with Crippen molar-refractivity contribution in [2.45, 2.75) is 39.5 Å². The van der Waals surface area contributed by atoms with Crippen LogP contribution in [0, 0.1) is 16.0 Å². The molecule has 0 bridgehead atoms. The molecule has 0 aliphatic heterocycles. The van der Waals surface area contributed by atoms with Crippen molar-refractivity contribution in [2.75, 3.05) is 0 Å². The minimum atomic E-state index is -0.682. The summed E-state index contributed by atoms with van der Waals surface area (Å²) < 4.78 is 5.67. The molecule has 1 aromatic rings. The zero-order valence-electron chi connectivity index (χ0n) is 10.5. The van der Waals surface area contributed by atoms with Gasteiger partial charge in [0.15, 0.2) is 0 Å². The summed E-state index contributed by atoms with van der Waals surface area (Å²) in [7, 11) is 0. The Bertz CT molecular complexity index is 351. The van der Waals surface area contributed by atoms with E-state index in [0.717, 1.165) is 5.56 Å². The first kappa shape index (κ1) is 13.6. The van der Waals surface area contributed by atoms with Crippen LogP contribution in [-0.2, 0) is 11.3 Å². The first-order valence-electron chi connectivity index (χ1n) is 5.81. The number of benzene rings is 1. The highest BCUT2D eigenvalue weighted by Crippen LogP contribution is 2.15. The fourth-order valence-corrected chi connectivity index (χ4v) is 1.78. The lowest BCUT2D eigenvalue weighted by molar-refractivity contribution is -0.533. The predicted molar refractivity (Wildman–Crippen MR) is 66.3 cm³/mol. The molecule has 0 fully saturated rings. The van der Waals surface area contributed by atoms with Crippen LogP contribution in [0.3, 0.4) is 0 Å². The van der Waals surface area contributed by atoms with Crippen LogP contribution in [-0.4, -0.2) is 17.1 Å². The summed E-state index contributed by atoms with van der Waals surface area (Å²) in [6.45, 7) is 5.89. The van der Waals surface area contributed by atoms with E-state index in [2.05, 4.69) is 0 Å². The number of hydrogen-bond acceptors (Lipinski definition) is 3. The molecule has 4 nitrogen and oxygen atoms in total. The van der Waals surface area contributed by atoms with E-state index in [4.69, 9.17) is 4.74 Å². The van der Waals surface area contributed by atoms with Crippen LogP contribution in [0.25, 0.3) is 0 Å². The van der Waals surface area contributed by atoms with Gasteiger partial charge in [-0.15, -0.1) is 0 Å². The quantitative estimate of drug-likeness (QED) is 0.564. The fraction of sp³-hybridized carbons (Fsp3) is 0.538. The number of hydrogen-bond donors (Lipinski definition) is 0. The van der Waals surface area contributed by atoms with Crippen molar-refractivity contribution < 1.29 is 9.66 Å². The topological polar surface area (TPSA) is 52.4 Å². The maximum absolute atomic E-state index is 10.8. The number of nitro groups is 1. The minimum Gasteiger partial charge on any atom is -0.366 e. The van der Waals surface area contributed by atoms with Crippen LogP contribution in [0.15, 0.2) is 30.3 Å². The molecule has 0 aliphatic carbocycles. The lowest BCUT2D eigenvalue weighted by Crippen LogP contribution is -2.37. The van der Waals surface area contributed by atoms with Gasteiger partial charge in [-0.3, -0.25) is 10.1 Å². The largest absolute Gasteiger partial charge is 0.366 e. The molecule has 1 rings (SSSR count). The first-order valence-corrected chi connectivity index (χ1v) is 5.81. The SMILES string of the molecule is CC(C)[C@@H](OCc1ccccc1)[C@H](C)[N+](=O)[O-]. The standard InChI is InChI=1S/C13H19NO3/c1-10(2)13(11(3)14(15)16)17-9-12-7-5-4-6-8-12/h4-8,10-11,13H,9H2,1-3H3/t11-,13+/m0/s1. The third-order valence-corrected chi connectivity index (χ3v) is 2.75. The molecule has 0 N–H and O–H groups in total. The summed E-state index contributed by atoms with van der Waals surface area (Å²) in [4.78, 5) is 10.5. The van der Waals surface area contributed by atoms with Gasteiger partial charge in [0.05, 0.1) is 6.61 Å². The minimum absolute atomic E-state index is 0.124. The average Bonchev–Trinajstić information content (AvgIpc) is 2.29. The van der Waals surface area contributed by atoms with Gasteiger partial charge in [-0.2, -0.15) is 0 Å². The summed E-state index contributed by atoms with van der Waals surface area (Å²) in [6, 6.07) is 9.02. The van der Waals surface area contributed by atoms with Crippen LogP contribution in [0.4, 0.5) is 0 Å². The van der Waals surface area contributed by atoms with E-state index < -0.39 is 6.04 Å². The third-order valence-electron chi connectivity index (χ3n) is 2.75. The fourth-order valence-electron chi connectivity index (χ4n) is 1.78. The van der Waals surface area contributed by atoms with E-state index in [1.807, 2.05) is 44.2 Å². The molecule has 0 radical (unpaired) electrons. The van der Waals surface area contributed by atoms with E-state index in [1.54, 1.807) is 6.92 Å². The lowest BCUT2D eigenvalue weighted by Gasteiger charge is -2.22. The normalized spacial score (nSPS) is 14.6. The summed E-state index contributed by atoms with van der Waals surface area (Å²) in [5.74, 6) is 0.124. The van der Waals surface area contributed by atoms with Crippen molar-refractivity contribution in [3.63, 3.8) is 0 Å². The molecule has 94 valence electrons. The van der Waals surface area contributed by atoms with Crippen LogP contribution in [0.1, 0.15) is 26.3 Å². The second-order valence-electron chi connectivity index (χ2n) is 4.53. The summed E-state index contributed by atoms with van der Waals surface area (Å²) in [6.07, 6.45) is -0.356. The second-order valence-corrected chi connectivity index (χ2v) is 4.53. The van der Waals surface area contributed by atoms with Gasteiger partial charge in [0.25, 0.3) is 0 Å². The lowest BCUT2D eigenvalue weighted by atomic mass is 10.0. The molecular formula is C13H19NO3. The smallest absolute Gasteiger partial charge is 0.236 e. The van der Waals surface area contributed by atoms with Crippen molar-refractivity contribution in [2.24, 2.45) is 5.92 Å². The Morgan fingerprint density at radius 3 is 2.29 bits per heavy atom. The Labute approximate surface area is 102 Å². The molecule has 0 amide bonds. The number of ether oxygens (including phenoxy) is 1. The molecule has 1 aromatic carbocycles. The summed E-state index contributed by atoms with van der Waals surface area (Å²) in [5, 5.41) is 10.8. The highest BCUT2D eigenvalue weighted by atomic mass is 16.6. The van der Waals surface area contributed by atoms with Crippen LogP contribution >= 0.6 is 0 Å². The Morgan fingerprint density at radius 1 is 1.24 bits per heavy atom. The van der Waals surface area contributed by atoms with Gasteiger partial charge in [0.2, 0.25) is 6.04 Å². The summed E-state index contributed by atoms with van der Waals surface area (Å²) >= 11 is 0. The molecular weight excluding hydrogens is 218 g/mol. The van der Waals surface area contributed by atoms with Gasteiger partial charge in [-0.05, 0) is 11.5 Å². The Hall–Kier alpha value is -1.42. The van der Waals surface area contributed by atoms with Gasteiger partial charge in [-0.25, -0.2) is 0 Å². The molecule has 0 saturated heterocycles. The summed E-state index contributed by atoms with van der Waals surface area (Å²) in [5.41, 5.74) is 1.04. The van der Waals surface area contributed by atoms with Gasteiger partial charge in [0, 0.05) is 11.8 Å². The van der Waals surface area contributed by atoms with E-state index in [-0.39, 0.29) is 16.9 Å². The van der Waals surface area contributed by atoms with Crippen LogP contribution in [0.5, 0.6) is 0 Å². The molecule has 0 unspecified atom stereocenters. The molecule has 0 saturated carbocycles. The van der Waals surface area contributed by atoms with Crippen molar-refractivity contribution in [1.82, 2.24) is 0 Å². The van der Waals surface area contributed by atoms with Crippen molar-refractivity contribution >= 4 is 0 Å². The van der Waals surface area contributed by atoms with E-state index >= 15 is 0 Å². The van der Waals surface area contributed by atoms with Crippen LogP contribution < -0.4 is 0 Å². The van der Waals surface area contributed by atoms with Crippen molar-refractivity contribution in [3.05, 3.63) is 46.0 Å². The molecule has 4 heteroatoms. The maximum atomic E-state index is 10.8. The predicted octanol–water partition coefficient (Wildman–Crippen LogP) is 2.89. The highest BCUT2D eigenvalue weighted by Gasteiger charge is 2.30. The number of nitrogens with zero attached hydrogens (tertiary/aromatic N) is 1. The zero-order valence-corrected chi connectivity index (χ0v) is 10.5. The average molecular weight is 237 g/mol. The molecule has 0 aromatic heterocycles. The molecule has 2 atom stereocenters. The van der Waals surface area contributed by atoms with Gasteiger partial charge in [0.1, 0.15) is 6.10 Å². The van der Waals surface area contributed by atoms with E-state index in [1.165, 1.54) is 0 Å². The maximum Gasteiger partial charge on any atom is 0.236 e. The van der Waals surface area contributed by atoms with E-state index in [0.29, 0.717) is 6.61 Å². The molecule has 0 spiro atoms. The van der Waals surface area contributed by atoms with Gasteiger partial charge >= 0.3 is 0 Å². The van der Waals surface area contributed by atoms with Crippen molar-refractivity contribution in [3.8, 4) is 0 Å². The van der Waals surface area contributed by atoms with Crippen molar-refractivity contribution in [1.29, 1.82) is 0 Å². The Balaban J connectivity index is 2.59. The molecule has 17 heavy (non-hydrogen) atoms. The van der Waals surface area contributed by atoms with Gasteiger partial charge in [-0.1, -0.05) is 44.2 Å². The van der Waals surface area contributed by atoms with E-state index in [9.17, 15) is 10.1 Å². The zero-order chi connectivity index (χ0) is 12.8. The Morgan fingerprint density at radius 2 is 1.82 bits per heavy atom. The molecule has 0 heterocycles.